The highest BCUT2D eigenvalue weighted by Gasteiger charge is 2.44. The maximum atomic E-state index is 13.5. The highest BCUT2D eigenvalue weighted by molar-refractivity contribution is 5.76. The van der Waals surface area contributed by atoms with Crippen LogP contribution in [0.25, 0.3) is 0 Å². The minimum absolute atomic E-state index is 0.0482. The van der Waals surface area contributed by atoms with Crippen LogP contribution in [0.2, 0.25) is 0 Å². The van der Waals surface area contributed by atoms with Gasteiger partial charge in [-0.2, -0.15) is 13.2 Å². The Morgan fingerprint density at radius 2 is 1.57 bits per heavy atom. The quantitative estimate of drug-likeness (QED) is 0.484. The molecule has 0 saturated heterocycles. The van der Waals surface area contributed by atoms with Crippen LogP contribution in [-0.2, 0) is 22.5 Å². The second kappa shape index (κ2) is 11.7. The number of alkyl halides is 3. The van der Waals surface area contributed by atoms with Gasteiger partial charge in [-0.1, -0.05) is 60.7 Å². The van der Waals surface area contributed by atoms with Gasteiger partial charge in [0, 0.05) is 13.1 Å². The van der Waals surface area contributed by atoms with Crippen LogP contribution in [0, 0.1) is 0 Å². The van der Waals surface area contributed by atoms with Crippen molar-refractivity contribution in [2.45, 2.75) is 44.3 Å². The summed E-state index contributed by atoms with van der Waals surface area (Å²) in [6, 6.07) is 14.7. The van der Waals surface area contributed by atoms with Gasteiger partial charge in [0.1, 0.15) is 12.1 Å². The van der Waals surface area contributed by atoms with Crippen LogP contribution in [0.4, 0.5) is 13.2 Å². The Bertz CT molecular complexity index is 757. The molecule has 30 heavy (non-hydrogen) atoms. The third-order valence-electron chi connectivity index (χ3n) is 4.53. The molecular weight excluding hydrogens is 397 g/mol. The number of halogens is 3. The molecule has 0 aliphatic carbocycles. The first-order valence-electron chi connectivity index (χ1n) is 9.77. The first-order chi connectivity index (χ1) is 14.3. The van der Waals surface area contributed by atoms with Crippen LogP contribution in [0.1, 0.15) is 18.1 Å². The third kappa shape index (κ3) is 7.78. The van der Waals surface area contributed by atoms with E-state index in [4.69, 9.17) is 4.74 Å². The number of esters is 1. The standard InChI is InChI=1S/C22H27F3N2O3/c1-2-30-21(29)18(13-16-9-5-3-6-10-16)26-15-19(28)20(22(23,24)25)27-14-17-11-7-4-8-12-17/h3-12,18-20,26-28H,2,13-15H2,1H3/t18-,19?,20?/m0/s1. The summed E-state index contributed by atoms with van der Waals surface area (Å²) in [7, 11) is 0. The molecule has 8 heteroatoms. The van der Waals surface area contributed by atoms with E-state index < -0.39 is 36.9 Å². The van der Waals surface area contributed by atoms with Gasteiger partial charge >= 0.3 is 12.1 Å². The summed E-state index contributed by atoms with van der Waals surface area (Å²) in [4.78, 5) is 12.2. The first-order valence-corrected chi connectivity index (χ1v) is 9.77. The fraction of sp³-hybridized carbons (Fsp3) is 0.409. The molecule has 2 unspecified atom stereocenters. The molecule has 164 valence electrons. The molecule has 0 aliphatic heterocycles. The first kappa shape index (κ1) is 23.9. The van der Waals surface area contributed by atoms with Gasteiger partial charge in [0.05, 0.1) is 12.7 Å². The summed E-state index contributed by atoms with van der Waals surface area (Å²) >= 11 is 0. The Kier molecular flexibility index (Phi) is 9.29. The SMILES string of the molecule is CCOC(=O)[C@H](Cc1ccccc1)NCC(O)C(NCc1ccccc1)C(F)(F)F. The van der Waals surface area contributed by atoms with Crippen LogP contribution < -0.4 is 10.6 Å². The smallest absolute Gasteiger partial charge is 0.406 e. The summed E-state index contributed by atoms with van der Waals surface area (Å²) in [6.07, 6.45) is -6.21. The molecular formula is C22H27F3N2O3. The van der Waals surface area contributed by atoms with Crippen molar-refractivity contribution in [3.05, 3.63) is 71.8 Å². The lowest BCUT2D eigenvalue weighted by Gasteiger charge is -2.28. The number of nitrogens with one attached hydrogen (secondary N) is 2. The predicted octanol–water partition coefficient (Wildman–Crippen LogP) is 2.83. The number of hydrogen-bond donors (Lipinski definition) is 3. The Balaban J connectivity index is 2.01. The van der Waals surface area contributed by atoms with Gasteiger partial charge in [-0.3, -0.25) is 10.1 Å². The average molecular weight is 424 g/mol. The summed E-state index contributed by atoms with van der Waals surface area (Å²) in [5.41, 5.74) is 1.49. The summed E-state index contributed by atoms with van der Waals surface area (Å²) in [6.45, 7) is 1.33. The van der Waals surface area contributed by atoms with Crippen LogP contribution in [-0.4, -0.2) is 48.6 Å². The summed E-state index contributed by atoms with van der Waals surface area (Å²) in [5, 5.41) is 15.4. The second-order valence-electron chi connectivity index (χ2n) is 6.86. The van der Waals surface area contributed by atoms with Crippen molar-refractivity contribution in [2.75, 3.05) is 13.2 Å². The molecule has 0 aliphatic rings. The number of benzene rings is 2. The fourth-order valence-electron chi connectivity index (χ4n) is 3.01. The predicted molar refractivity (Wildman–Crippen MR) is 108 cm³/mol. The van der Waals surface area contributed by atoms with Crippen molar-refractivity contribution in [1.29, 1.82) is 0 Å². The van der Waals surface area contributed by atoms with E-state index in [0.29, 0.717) is 5.56 Å². The molecule has 0 heterocycles. The molecule has 0 bridgehead atoms. The zero-order valence-electron chi connectivity index (χ0n) is 16.7. The van der Waals surface area contributed by atoms with Crippen molar-refractivity contribution in [3.8, 4) is 0 Å². The zero-order valence-corrected chi connectivity index (χ0v) is 16.7. The van der Waals surface area contributed by atoms with E-state index in [1.807, 2.05) is 18.2 Å². The molecule has 0 saturated carbocycles. The van der Waals surface area contributed by atoms with Crippen LogP contribution in [0.15, 0.2) is 60.7 Å². The molecule has 2 aromatic carbocycles. The number of carbonyl (C=O) groups is 1. The van der Waals surface area contributed by atoms with Gasteiger partial charge in [0.2, 0.25) is 0 Å². The number of rotatable bonds is 11. The second-order valence-corrected chi connectivity index (χ2v) is 6.86. The Labute approximate surface area is 174 Å². The maximum absolute atomic E-state index is 13.5. The van der Waals surface area contributed by atoms with E-state index in [1.165, 1.54) is 0 Å². The topological polar surface area (TPSA) is 70.6 Å². The number of aliphatic hydroxyl groups excluding tert-OH is 1. The molecule has 0 fully saturated rings. The van der Waals surface area contributed by atoms with Crippen molar-refractivity contribution in [3.63, 3.8) is 0 Å². The molecule has 3 atom stereocenters. The summed E-state index contributed by atoms with van der Waals surface area (Å²) < 4.78 is 45.5. The highest BCUT2D eigenvalue weighted by atomic mass is 19.4. The molecule has 2 rings (SSSR count). The lowest BCUT2D eigenvalue weighted by atomic mass is 10.0. The lowest BCUT2D eigenvalue weighted by molar-refractivity contribution is -0.178. The minimum Gasteiger partial charge on any atom is -0.465 e. The molecule has 5 nitrogen and oxygen atoms in total. The van der Waals surface area contributed by atoms with Crippen molar-refractivity contribution < 1.29 is 27.8 Å². The van der Waals surface area contributed by atoms with Crippen molar-refractivity contribution in [1.82, 2.24) is 10.6 Å². The maximum Gasteiger partial charge on any atom is 0.406 e. The van der Waals surface area contributed by atoms with E-state index in [9.17, 15) is 23.1 Å². The van der Waals surface area contributed by atoms with E-state index >= 15 is 0 Å². The third-order valence-corrected chi connectivity index (χ3v) is 4.53. The molecule has 3 N–H and O–H groups in total. The van der Waals surface area contributed by atoms with Gasteiger partial charge in [0.15, 0.2) is 0 Å². The monoisotopic (exact) mass is 424 g/mol. The van der Waals surface area contributed by atoms with Gasteiger partial charge in [-0.15, -0.1) is 0 Å². The number of hydrogen-bond acceptors (Lipinski definition) is 5. The average Bonchev–Trinajstić information content (AvgIpc) is 2.72. The lowest BCUT2D eigenvalue weighted by Crippen LogP contribution is -2.55. The van der Waals surface area contributed by atoms with Crippen LogP contribution in [0.5, 0.6) is 0 Å². The van der Waals surface area contributed by atoms with E-state index in [0.717, 1.165) is 5.56 Å². The van der Waals surface area contributed by atoms with Gasteiger partial charge in [-0.25, -0.2) is 0 Å². The Morgan fingerprint density at radius 3 is 2.10 bits per heavy atom. The van der Waals surface area contributed by atoms with E-state index in [-0.39, 0.29) is 19.6 Å². The zero-order chi connectivity index (χ0) is 22.0. The van der Waals surface area contributed by atoms with Gasteiger partial charge < -0.3 is 15.2 Å². The number of aliphatic hydroxyl groups is 1. The fourth-order valence-corrected chi connectivity index (χ4v) is 3.01. The van der Waals surface area contributed by atoms with Crippen LogP contribution >= 0.6 is 0 Å². The molecule has 0 amide bonds. The number of carbonyl (C=O) groups excluding carboxylic acids is 1. The Morgan fingerprint density at radius 1 is 1.00 bits per heavy atom. The summed E-state index contributed by atoms with van der Waals surface area (Å²) in [5.74, 6) is -0.575. The molecule has 0 radical (unpaired) electrons. The van der Waals surface area contributed by atoms with Crippen molar-refractivity contribution in [2.24, 2.45) is 0 Å². The Hall–Kier alpha value is -2.42. The van der Waals surface area contributed by atoms with E-state index in [1.54, 1.807) is 49.4 Å². The normalized spacial score (nSPS) is 14.7. The number of ether oxygens (including phenoxy) is 1. The largest absolute Gasteiger partial charge is 0.465 e. The highest BCUT2D eigenvalue weighted by Crippen LogP contribution is 2.23. The molecule has 0 aromatic heterocycles. The van der Waals surface area contributed by atoms with Crippen molar-refractivity contribution >= 4 is 5.97 Å². The van der Waals surface area contributed by atoms with Gasteiger partial charge in [0.25, 0.3) is 0 Å². The van der Waals surface area contributed by atoms with E-state index in [2.05, 4.69) is 10.6 Å². The molecule has 2 aromatic rings. The van der Waals surface area contributed by atoms with Crippen LogP contribution in [0.3, 0.4) is 0 Å². The van der Waals surface area contributed by atoms with Gasteiger partial charge in [-0.05, 0) is 24.5 Å². The minimum atomic E-state index is -4.66. The molecule has 0 spiro atoms.